The molecule has 0 aliphatic carbocycles. The maximum absolute atomic E-state index is 12.7. The van der Waals surface area contributed by atoms with Crippen LogP contribution in [0.15, 0.2) is 0 Å². The molecule has 14 heavy (non-hydrogen) atoms. The third-order valence-corrected chi connectivity index (χ3v) is 3.13. The Morgan fingerprint density at radius 3 is 2.14 bits per heavy atom. The van der Waals surface area contributed by atoms with Gasteiger partial charge in [-0.3, -0.25) is 0 Å². The highest BCUT2D eigenvalue weighted by atomic mass is 19.1. The number of halogens is 1. The van der Waals surface area contributed by atoms with Crippen LogP contribution in [-0.4, -0.2) is 11.5 Å². The zero-order valence-corrected chi connectivity index (χ0v) is 10.2. The van der Waals surface area contributed by atoms with Gasteiger partial charge in [0.1, 0.15) is 0 Å². The van der Waals surface area contributed by atoms with Crippen LogP contribution in [0.2, 0.25) is 0 Å². The average molecular weight is 204 g/mol. The molecule has 86 valence electrons. The summed E-state index contributed by atoms with van der Waals surface area (Å²) in [5.41, 5.74) is 0.261. The molecule has 0 aliphatic heterocycles. The molecular formula is C12H25FO. The third kappa shape index (κ3) is 4.94. The first-order chi connectivity index (χ1) is 6.30. The summed E-state index contributed by atoms with van der Waals surface area (Å²) >= 11 is 0. The molecular weight excluding hydrogens is 179 g/mol. The van der Waals surface area contributed by atoms with Crippen molar-refractivity contribution >= 4 is 0 Å². The van der Waals surface area contributed by atoms with E-state index in [2.05, 4.69) is 20.8 Å². The molecule has 0 bridgehead atoms. The van der Waals surface area contributed by atoms with Gasteiger partial charge < -0.3 is 5.11 Å². The lowest BCUT2D eigenvalue weighted by atomic mass is 9.76. The van der Waals surface area contributed by atoms with E-state index in [9.17, 15) is 4.39 Å². The van der Waals surface area contributed by atoms with Gasteiger partial charge in [-0.2, -0.15) is 0 Å². The fraction of sp³-hybridized carbons (Fsp3) is 1.00. The Balaban J connectivity index is 4.09. The summed E-state index contributed by atoms with van der Waals surface area (Å²) < 4.78 is 12.7. The number of alkyl halides is 1. The van der Waals surface area contributed by atoms with E-state index in [1.54, 1.807) is 6.92 Å². The Labute approximate surface area is 87.7 Å². The Hall–Kier alpha value is -0.110. The molecule has 0 rings (SSSR count). The second kappa shape index (κ2) is 5.69. The first kappa shape index (κ1) is 13.9. The molecule has 0 spiro atoms. The molecule has 0 aromatic rings. The predicted molar refractivity (Wildman–Crippen MR) is 58.7 cm³/mol. The quantitative estimate of drug-likeness (QED) is 0.698. The summed E-state index contributed by atoms with van der Waals surface area (Å²) in [4.78, 5) is 0. The Morgan fingerprint density at radius 2 is 1.79 bits per heavy atom. The van der Waals surface area contributed by atoms with Crippen molar-refractivity contribution < 1.29 is 9.50 Å². The summed E-state index contributed by atoms with van der Waals surface area (Å²) in [7, 11) is 0. The van der Waals surface area contributed by atoms with Crippen LogP contribution < -0.4 is 0 Å². The second-order valence-electron chi connectivity index (χ2n) is 5.33. The molecule has 0 aromatic carbocycles. The van der Waals surface area contributed by atoms with Gasteiger partial charge in [-0.25, -0.2) is 4.39 Å². The van der Waals surface area contributed by atoms with Crippen LogP contribution in [0.5, 0.6) is 0 Å². The Morgan fingerprint density at radius 1 is 1.29 bits per heavy atom. The summed E-state index contributed by atoms with van der Waals surface area (Å²) in [5, 5.41) is 8.85. The van der Waals surface area contributed by atoms with E-state index in [-0.39, 0.29) is 17.3 Å². The molecule has 0 saturated carbocycles. The van der Waals surface area contributed by atoms with Gasteiger partial charge in [-0.15, -0.1) is 0 Å². The second-order valence-corrected chi connectivity index (χ2v) is 5.33. The molecule has 0 radical (unpaired) electrons. The van der Waals surface area contributed by atoms with Crippen LogP contribution in [0.3, 0.4) is 0 Å². The molecule has 1 N–H and O–H groups in total. The van der Waals surface area contributed by atoms with E-state index in [0.717, 1.165) is 19.3 Å². The number of rotatable bonds is 6. The van der Waals surface area contributed by atoms with E-state index >= 15 is 0 Å². The standard InChI is InChI=1S/C12H25FO/c1-6-7-12(4,5)8-9(2)10(3)11(13)14/h9-11,14H,6-8H2,1-5H3. The lowest BCUT2D eigenvalue weighted by Crippen LogP contribution is -2.25. The SMILES string of the molecule is CCCC(C)(C)CC(C)C(C)C(O)F. The largest absolute Gasteiger partial charge is 0.364 e. The summed E-state index contributed by atoms with van der Waals surface area (Å²) in [6.45, 7) is 10.4. The van der Waals surface area contributed by atoms with Crippen molar-refractivity contribution in [2.45, 2.75) is 60.2 Å². The van der Waals surface area contributed by atoms with Gasteiger partial charge in [0.25, 0.3) is 0 Å². The number of aliphatic hydroxyl groups excluding tert-OH is 1. The fourth-order valence-electron chi connectivity index (χ4n) is 2.11. The molecule has 0 amide bonds. The minimum atomic E-state index is -1.68. The van der Waals surface area contributed by atoms with Gasteiger partial charge in [-0.05, 0) is 24.2 Å². The van der Waals surface area contributed by atoms with Crippen LogP contribution in [0.25, 0.3) is 0 Å². The van der Waals surface area contributed by atoms with E-state index in [0.29, 0.717) is 0 Å². The van der Waals surface area contributed by atoms with Crippen LogP contribution in [0, 0.1) is 17.3 Å². The van der Waals surface area contributed by atoms with Gasteiger partial charge in [0.15, 0.2) is 6.36 Å². The van der Waals surface area contributed by atoms with Gasteiger partial charge in [0, 0.05) is 5.92 Å². The van der Waals surface area contributed by atoms with Crippen molar-refractivity contribution in [3.8, 4) is 0 Å². The van der Waals surface area contributed by atoms with Gasteiger partial charge >= 0.3 is 0 Å². The molecule has 0 saturated heterocycles. The smallest absolute Gasteiger partial charge is 0.199 e. The average Bonchev–Trinajstić information content (AvgIpc) is 2.01. The molecule has 1 nitrogen and oxygen atoms in total. The van der Waals surface area contributed by atoms with Crippen molar-refractivity contribution in [1.82, 2.24) is 0 Å². The predicted octanol–water partition coefficient (Wildman–Crippen LogP) is 3.76. The van der Waals surface area contributed by atoms with Crippen LogP contribution >= 0.6 is 0 Å². The maximum atomic E-state index is 12.7. The molecule has 3 unspecified atom stereocenters. The van der Waals surface area contributed by atoms with Gasteiger partial charge in [-0.1, -0.05) is 41.0 Å². The van der Waals surface area contributed by atoms with Crippen molar-refractivity contribution in [2.24, 2.45) is 17.3 Å². The minimum Gasteiger partial charge on any atom is -0.364 e. The normalized spacial score (nSPS) is 19.1. The topological polar surface area (TPSA) is 20.2 Å². The van der Waals surface area contributed by atoms with Gasteiger partial charge in [0.2, 0.25) is 0 Å². The highest BCUT2D eigenvalue weighted by molar-refractivity contribution is 4.74. The van der Waals surface area contributed by atoms with E-state index in [4.69, 9.17) is 5.11 Å². The molecule has 0 aliphatic rings. The molecule has 0 heterocycles. The van der Waals surface area contributed by atoms with Gasteiger partial charge in [0.05, 0.1) is 0 Å². The highest BCUT2D eigenvalue weighted by Gasteiger charge is 2.26. The van der Waals surface area contributed by atoms with Crippen molar-refractivity contribution in [3.05, 3.63) is 0 Å². The molecule has 3 atom stereocenters. The molecule has 2 heteroatoms. The van der Waals surface area contributed by atoms with E-state index in [1.165, 1.54) is 0 Å². The third-order valence-electron chi connectivity index (χ3n) is 3.13. The van der Waals surface area contributed by atoms with E-state index in [1.807, 2.05) is 6.92 Å². The monoisotopic (exact) mass is 204 g/mol. The number of hydrogen-bond acceptors (Lipinski definition) is 1. The van der Waals surface area contributed by atoms with Crippen LogP contribution in [-0.2, 0) is 0 Å². The Kier molecular flexibility index (Phi) is 5.65. The lowest BCUT2D eigenvalue weighted by Gasteiger charge is -2.30. The summed E-state index contributed by atoms with van der Waals surface area (Å²) in [6.07, 6.45) is 1.62. The number of aliphatic hydroxyl groups is 1. The summed E-state index contributed by atoms with van der Waals surface area (Å²) in [6, 6.07) is 0. The first-order valence-electron chi connectivity index (χ1n) is 5.62. The molecule has 0 fully saturated rings. The Bertz CT molecular complexity index is 154. The zero-order chi connectivity index (χ0) is 11.4. The van der Waals surface area contributed by atoms with Crippen molar-refractivity contribution in [1.29, 1.82) is 0 Å². The van der Waals surface area contributed by atoms with Crippen LogP contribution in [0.1, 0.15) is 53.9 Å². The zero-order valence-electron chi connectivity index (χ0n) is 10.2. The lowest BCUT2D eigenvalue weighted by molar-refractivity contribution is -0.0305. The first-order valence-corrected chi connectivity index (χ1v) is 5.62. The maximum Gasteiger partial charge on any atom is 0.199 e. The summed E-state index contributed by atoms with van der Waals surface area (Å²) in [5.74, 6) is -0.0253. The minimum absolute atomic E-state index is 0.233. The van der Waals surface area contributed by atoms with E-state index < -0.39 is 6.36 Å². The molecule has 0 aromatic heterocycles. The van der Waals surface area contributed by atoms with Crippen molar-refractivity contribution in [2.75, 3.05) is 0 Å². The van der Waals surface area contributed by atoms with Crippen LogP contribution in [0.4, 0.5) is 4.39 Å². The number of hydrogen-bond donors (Lipinski definition) is 1. The highest BCUT2D eigenvalue weighted by Crippen LogP contribution is 2.34. The fourth-order valence-corrected chi connectivity index (χ4v) is 2.11. The van der Waals surface area contributed by atoms with Crippen molar-refractivity contribution in [3.63, 3.8) is 0 Å².